The average Bonchev–Trinajstić information content (AvgIpc) is 3.07. The van der Waals surface area contributed by atoms with E-state index in [2.05, 4.69) is 15.3 Å². The number of nitrogens with one attached hydrogen (secondary N) is 3. The van der Waals surface area contributed by atoms with E-state index in [9.17, 15) is 18.8 Å². The Bertz CT molecular complexity index is 1080. The van der Waals surface area contributed by atoms with Crippen LogP contribution in [0.1, 0.15) is 0 Å². The van der Waals surface area contributed by atoms with Gasteiger partial charge in [0.25, 0.3) is 0 Å². The van der Waals surface area contributed by atoms with Gasteiger partial charge < -0.3 is 25.1 Å². The number of benzene rings is 2. The highest BCUT2D eigenvalue weighted by Gasteiger charge is 2.26. The molecule has 9 heteroatoms. The lowest BCUT2D eigenvalue weighted by atomic mass is 10.2. The Balaban J connectivity index is 1.36. The third kappa shape index (κ3) is 3.59. The summed E-state index contributed by atoms with van der Waals surface area (Å²) in [4.78, 5) is 44.8. The normalized spacial score (nSPS) is 14.3. The van der Waals surface area contributed by atoms with Crippen LogP contribution in [0.4, 0.5) is 15.8 Å². The fourth-order valence-corrected chi connectivity index (χ4v) is 3.26. The number of H-pyrrole nitrogens is 2. The van der Waals surface area contributed by atoms with Crippen LogP contribution in [0.25, 0.3) is 11.0 Å². The first-order chi connectivity index (χ1) is 13.5. The maximum atomic E-state index is 13.0. The number of carbonyl (C=O) groups is 2. The number of anilines is 2. The van der Waals surface area contributed by atoms with E-state index >= 15 is 0 Å². The second kappa shape index (κ2) is 7.18. The molecule has 1 fully saturated rings. The topological polar surface area (TPSA) is 101 Å². The summed E-state index contributed by atoms with van der Waals surface area (Å²) < 4.78 is 13.0. The molecule has 1 aliphatic heterocycles. The van der Waals surface area contributed by atoms with Gasteiger partial charge in [-0.3, -0.25) is 9.59 Å². The van der Waals surface area contributed by atoms with Crippen LogP contribution < -0.4 is 15.9 Å². The van der Waals surface area contributed by atoms with E-state index in [1.165, 1.54) is 17.0 Å². The number of imidazole rings is 1. The highest BCUT2D eigenvalue weighted by molar-refractivity contribution is 6.39. The molecule has 2 amide bonds. The molecule has 8 nitrogen and oxygen atoms in total. The second-order valence-corrected chi connectivity index (χ2v) is 6.55. The number of carbonyl (C=O) groups excluding carboxylic acids is 2. The number of amides is 2. The first kappa shape index (κ1) is 17.8. The van der Waals surface area contributed by atoms with Gasteiger partial charge in [-0.15, -0.1) is 0 Å². The summed E-state index contributed by atoms with van der Waals surface area (Å²) in [5, 5.41) is 2.57. The summed E-state index contributed by atoms with van der Waals surface area (Å²) in [6.45, 7) is 1.91. The summed E-state index contributed by atoms with van der Waals surface area (Å²) in [6, 6.07) is 11.0. The molecule has 3 aromatic rings. The Kier molecular flexibility index (Phi) is 4.56. The van der Waals surface area contributed by atoms with Crippen molar-refractivity contribution >= 4 is 34.2 Å². The van der Waals surface area contributed by atoms with Crippen molar-refractivity contribution in [2.75, 3.05) is 36.4 Å². The van der Waals surface area contributed by atoms with Crippen molar-refractivity contribution in [3.05, 3.63) is 58.8 Å². The summed E-state index contributed by atoms with van der Waals surface area (Å²) in [7, 11) is 0. The summed E-state index contributed by atoms with van der Waals surface area (Å²) in [5.74, 6) is -1.63. The van der Waals surface area contributed by atoms with Crippen LogP contribution >= 0.6 is 0 Å². The van der Waals surface area contributed by atoms with Gasteiger partial charge in [-0.1, -0.05) is 0 Å². The maximum Gasteiger partial charge on any atom is 0.323 e. The molecule has 1 aromatic heterocycles. The lowest BCUT2D eigenvalue weighted by Gasteiger charge is -2.35. The number of halogens is 1. The summed E-state index contributed by atoms with van der Waals surface area (Å²) in [6.07, 6.45) is 0. The number of hydrogen-bond donors (Lipinski definition) is 3. The van der Waals surface area contributed by atoms with E-state index in [-0.39, 0.29) is 11.5 Å². The van der Waals surface area contributed by atoms with Crippen LogP contribution in [0, 0.1) is 5.82 Å². The zero-order chi connectivity index (χ0) is 19.7. The van der Waals surface area contributed by atoms with Gasteiger partial charge in [-0.05, 0) is 42.5 Å². The van der Waals surface area contributed by atoms with Crippen LogP contribution in [-0.2, 0) is 9.59 Å². The number of fused-ring (bicyclic) bond motifs is 1. The Morgan fingerprint density at radius 2 is 1.61 bits per heavy atom. The largest absolute Gasteiger partial charge is 0.368 e. The molecule has 3 N–H and O–H groups in total. The van der Waals surface area contributed by atoms with Crippen molar-refractivity contribution in [2.45, 2.75) is 0 Å². The Morgan fingerprint density at radius 1 is 0.929 bits per heavy atom. The molecule has 0 spiro atoms. The van der Waals surface area contributed by atoms with Gasteiger partial charge in [-0.25, -0.2) is 9.18 Å². The molecular formula is C19H18FN5O3. The van der Waals surface area contributed by atoms with Crippen LogP contribution in [-0.4, -0.2) is 52.9 Å². The summed E-state index contributed by atoms with van der Waals surface area (Å²) >= 11 is 0. The lowest BCUT2D eigenvalue weighted by molar-refractivity contribution is -0.143. The standard InChI is InChI=1S/C19H18FN5O3/c20-12-1-4-14(5-2-12)24-7-9-25(10-8-24)18(27)17(26)21-13-3-6-15-16(11-13)23-19(28)22-15/h1-6,11H,7-10H2,(H,21,26)(H2,22,23,28). The molecule has 1 aliphatic rings. The van der Waals surface area contributed by atoms with E-state index in [1.54, 1.807) is 30.3 Å². The number of rotatable bonds is 2. The molecule has 4 rings (SSSR count). The third-order valence-electron chi connectivity index (χ3n) is 4.73. The predicted molar refractivity (Wildman–Crippen MR) is 103 cm³/mol. The number of piperazine rings is 1. The molecule has 0 saturated carbocycles. The fraction of sp³-hybridized carbons (Fsp3) is 0.211. The van der Waals surface area contributed by atoms with Crippen molar-refractivity contribution in [3.8, 4) is 0 Å². The minimum absolute atomic E-state index is 0.295. The van der Waals surface area contributed by atoms with E-state index in [0.717, 1.165) is 5.69 Å². The molecule has 28 heavy (non-hydrogen) atoms. The van der Waals surface area contributed by atoms with Gasteiger partial charge in [0, 0.05) is 37.6 Å². The molecular weight excluding hydrogens is 365 g/mol. The van der Waals surface area contributed by atoms with Crippen molar-refractivity contribution in [2.24, 2.45) is 0 Å². The minimum atomic E-state index is -0.729. The number of aromatic nitrogens is 2. The molecule has 144 valence electrons. The van der Waals surface area contributed by atoms with Crippen molar-refractivity contribution in [1.29, 1.82) is 0 Å². The fourth-order valence-electron chi connectivity index (χ4n) is 3.26. The lowest BCUT2D eigenvalue weighted by Crippen LogP contribution is -2.51. The zero-order valence-electron chi connectivity index (χ0n) is 14.9. The van der Waals surface area contributed by atoms with Gasteiger partial charge in [-0.2, -0.15) is 0 Å². The smallest absolute Gasteiger partial charge is 0.323 e. The maximum absolute atomic E-state index is 13.0. The van der Waals surface area contributed by atoms with E-state index < -0.39 is 11.8 Å². The van der Waals surface area contributed by atoms with Crippen LogP contribution in [0.15, 0.2) is 47.3 Å². The molecule has 2 heterocycles. The highest BCUT2D eigenvalue weighted by atomic mass is 19.1. The van der Waals surface area contributed by atoms with Crippen LogP contribution in [0.3, 0.4) is 0 Å². The number of aromatic amines is 2. The van der Waals surface area contributed by atoms with E-state index in [0.29, 0.717) is 42.9 Å². The average molecular weight is 383 g/mol. The number of nitrogens with zero attached hydrogens (tertiary/aromatic N) is 2. The Hall–Kier alpha value is -3.62. The van der Waals surface area contributed by atoms with Crippen molar-refractivity contribution in [1.82, 2.24) is 14.9 Å². The molecule has 0 unspecified atom stereocenters. The number of hydrogen-bond acceptors (Lipinski definition) is 4. The molecule has 0 atom stereocenters. The summed E-state index contributed by atoms with van der Waals surface area (Å²) in [5.41, 5.74) is 2.13. The van der Waals surface area contributed by atoms with E-state index in [1.807, 2.05) is 4.90 Å². The molecule has 1 saturated heterocycles. The van der Waals surface area contributed by atoms with Crippen molar-refractivity contribution in [3.63, 3.8) is 0 Å². The predicted octanol–water partition coefficient (Wildman–Crippen LogP) is 1.28. The van der Waals surface area contributed by atoms with Crippen LogP contribution in [0.2, 0.25) is 0 Å². The molecule has 0 bridgehead atoms. The molecule has 0 radical (unpaired) electrons. The SMILES string of the molecule is O=C(Nc1ccc2[nH]c(=O)[nH]c2c1)C(=O)N1CCN(c2ccc(F)cc2)CC1. The monoisotopic (exact) mass is 383 g/mol. The third-order valence-corrected chi connectivity index (χ3v) is 4.73. The Morgan fingerprint density at radius 3 is 2.32 bits per heavy atom. The quantitative estimate of drug-likeness (QED) is 0.581. The van der Waals surface area contributed by atoms with Crippen LogP contribution in [0.5, 0.6) is 0 Å². The zero-order valence-corrected chi connectivity index (χ0v) is 14.9. The molecule has 2 aromatic carbocycles. The highest BCUT2D eigenvalue weighted by Crippen LogP contribution is 2.18. The van der Waals surface area contributed by atoms with E-state index in [4.69, 9.17) is 0 Å². The molecule has 0 aliphatic carbocycles. The first-order valence-electron chi connectivity index (χ1n) is 8.82. The second-order valence-electron chi connectivity index (χ2n) is 6.55. The van der Waals surface area contributed by atoms with Gasteiger partial charge >= 0.3 is 17.5 Å². The van der Waals surface area contributed by atoms with Crippen molar-refractivity contribution < 1.29 is 14.0 Å². The Labute approximate surface area is 159 Å². The van der Waals surface area contributed by atoms with Gasteiger partial charge in [0.15, 0.2) is 0 Å². The van der Waals surface area contributed by atoms with Gasteiger partial charge in [0.1, 0.15) is 5.82 Å². The van der Waals surface area contributed by atoms with Gasteiger partial charge in [0.2, 0.25) is 0 Å². The first-order valence-corrected chi connectivity index (χ1v) is 8.82. The minimum Gasteiger partial charge on any atom is -0.368 e. The van der Waals surface area contributed by atoms with Gasteiger partial charge in [0.05, 0.1) is 11.0 Å².